The Labute approximate surface area is 212 Å². The Balaban J connectivity index is 1.51. The number of nitrogens with two attached hydrogens (primary N) is 1. The van der Waals surface area contributed by atoms with Gasteiger partial charge in [0.05, 0.1) is 17.6 Å². The van der Waals surface area contributed by atoms with Gasteiger partial charge in [-0.05, 0) is 56.5 Å². The van der Waals surface area contributed by atoms with Gasteiger partial charge < -0.3 is 21.1 Å². The molecule has 0 radical (unpaired) electrons. The minimum absolute atomic E-state index is 0.0347. The van der Waals surface area contributed by atoms with E-state index in [1.165, 1.54) is 0 Å². The number of carbonyl (C=O) groups excluding carboxylic acids is 1. The number of hydrogen-bond donors (Lipinski definition) is 3. The predicted octanol–water partition coefficient (Wildman–Crippen LogP) is 5.43. The molecule has 1 amide bonds. The molecule has 8 nitrogen and oxygen atoms in total. The minimum atomic E-state index is -2.80. The Morgan fingerprint density at radius 2 is 2.03 bits per heavy atom. The molecule has 2 aromatic heterocycles. The molecule has 1 saturated carbocycles. The number of alkyl halides is 2. The van der Waals surface area contributed by atoms with Gasteiger partial charge in [-0.1, -0.05) is 12.1 Å². The Morgan fingerprint density at radius 3 is 2.73 bits per heavy atom. The van der Waals surface area contributed by atoms with Crippen molar-refractivity contribution < 1.29 is 18.3 Å². The first-order chi connectivity index (χ1) is 17.7. The SMILES string of the molecule is Cc1cc(-c2cnc3c(NCCC(C)(F)F)cc(Oc4cccc(N)c4)nn23)ccc1C(=O)NC1CC1. The van der Waals surface area contributed by atoms with E-state index in [4.69, 9.17) is 10.5 Å². The second-order valence-corrected chi connectivity index (χ2v) is 9.47. The lowest BCUT2D eigenvalue weighted by Gasteiger charge is -2.14. The number of anilines is 2. The Hall–Kier alpha value is -4.21. The molecule has 1 aliphatic rings. The number of benzene rings is 2. The van der Waals surface area contributed by atoms with E-state index in [0.29, 0.717) is 34.0 Å². The lowest BCUT2D eigenvalue weighted by Crippen LogP contribution is -2.26. The molecule has 4 aromatic rings. The number of aryl methyl sites for hydroxylation is 1. The Bertz CT molecular complexity index is 1460. The van der Waals surface area contributed by atoms with E-state index in [1.54, 1.807) is 47.1 Å². The zero-order chi connectivity index (χ0) is 26.2. The van der Waals surface area contributed by atoms with E-state index < -0.39 is 5.92 Å². The van der Waals surface area contributed by atoms with Crippen molar-refractivity contribution in [1.29, 1.82) is 0 Å². The van der Waals surface area contributed by atoms with Gasteiger partial charge in [-0.2, -0.15) is 0 Å². The number of halogens is 2. The van der Waals surface area contributed by atoms with Crippen LogP contribution in [0, 0.1) is 6.92 Å². The van der Waals surface area contributed by atoms with E-state index in [2.05, 4.69) is 20.7 Å². The number of rotatable bonds is 9. The van der Waals surface area contributed by atoms with Crippen LogP contribution in [0.25, 0.3) is 16.9 Å². The van der Waals surface area contributed by atoms with Gasteiger partial charge in [-0.15, -0.1) is 5.10 Å². The number of amides is 1. The highest BCUT2D eigenvalue weighted by molar-refractivity contribution is 5.96. The Morgan fingerprint density at radius 1 is 1.22 bits per heavy atom. The van der Waals surface area contributed by atoms with Crippen molar-refractivity contribution in [2.24, 2.45) is 0 Å². The number of hydrogen-bond acceptors (Lipinski definition) is 6. The van der Waals surface area contributed by atoms with E-state index in [-0.39, 0.29) is 30.8 Å². The highest BCUT2D eigenvalue weighted by Gasteiger charge is 2.25. The normalized spacial score (nSPS) is 13.5. The van der Waals surface area contributed by atoms with Crippen LogP contribution in [0.5, 0.6) is 11.6 Å². The second-order valence-electron chi connectivity index (χ2n) is 9.47. The number of nitrogen functional groups attached to an aromatic ring is 1. The average molecular weight is 507 g/mol. The average Bonchev–Trinajstić information content (AvgIpc) is 3.53. The van der Waals surface area contributed by atoms with Gasteiger partial charge in [-0.25, -0.2) is 18.3 Å². The van der Waals surface area contributed by atoms with Gasteiger partial charge in [0.1, 0.15) is 5.75 Å². The monoisotopic (exact) mass is 506 g/mol. The first-order valence-electron chi connectivity index (χ1n) is 12.1. The number of aromatic nitrogens is 3. The maximum absolute atomic E-state index is 13.4. The van der Waals surface area contributed by atoms with E-state index in [1.807, 2.05) is 19.1 Å². The number of nitrogens with one attached hydrogen (secondary N) is 2. The van der Waals surface area contributed by atoms with Crippen LogP contribution >= 0.6 is 0 Å². The molecule has 192 valence electrons. The first kappa shape index (κ1) is 24.5. The summed E-state index contributed by atoms with van der Waals surface area (Å²) in [5.74, 6) is -2.16. The topological polar surface area (TPSA) is 107 Å². The molecule has 2 heterocycles. The van der Waals surface area contributed by atoms with E-state index >= 15 is 0 Å². The van der Waals surface area contributed by atoms with Crippen molar-refractivity contribution in [3.63, 3.8) is 0 Å². The molecule has 10 heteroatoms. The molecule has 0 unspecified atom stereocenters. The largest absolute Gasteiger partial charge is 0.437 e. The maximum Gasteiger partial charge on any atom is 0.251 e. The van der Waals surface area contributed by atoms with Gasteiger partial charge in [0, 0.05) is 48.0 Å². The summed E-state index contributed by atoms with van der Waals surface area (Å²) in [6, 6.07) is 14.4. The van der Waals surface area contributed by atoms with Crippen molar-refractivity contribution in [3.8, 4) is 22.9 Å². The van der Waals surface area contributed by atoms with Gasteiger partial charge in [0.15, 0.2) is 5.65 Å². The fourth-order valence-corrected chi connectivity index (χ4v) is 4.01. The van der Waals surface area contributed by atoms with Crippen LogP contribution < -0.4 is 21.1 Å². The summed E-state index contributed by atoms with van der Waals surface area (Å²) >= 11 is 0. The number of carbonyl (C=O) groups is 1. The predicted molar refractivity (Wildman–Crippen MR) is 138 cm³/mol. The highest BCUT2D eigenvalue weighted by Crippen LogP contribution is 2.31. The molecule has 1 aliphatic carbocycles. The molecule has 0 spiro atoms. The van der Waals surface area contributed by atoms with Crippen LogP contribution in [0.2, 0.25) is 0 Å². The Kier molecular flexibility index (Phi) is 6.41. The molecule has 0 atom stereocenters. The number of ether oxygens (including phenoxy) is 1. The van der Waals surface area contributed by atoms with Gasteiger partial charge in [0.25, 0.3) is 5.91 Å². The van der Waals surface area contributed by atoms with Crippen LogP contribution in [0.3, 0.4) is 0 Å². The van der Waals surface area contributed by atoms with E-state index in [0.717, 1.165) is 30.9 Å². The molecule has 0 saturated heterocycles. The maximum atomic E-state index is 13.4. The number of imidazole rings is 1. The third-order valence-corrected chi connectivity index (χ3v) is 6.08. The molecular weight excluding hydrogens is 478 g/mol. The fourth-order valence-electron chi connectivity index (χ4n) is 4.01. The third-order valence-electron chi connectivity index (χ3n) is 6.08. The molecule has 0 aliphatic heterocycles. The molecular formula is C27H28F2N6O2. The zero-order valence-corrected chi connectivity index (χ0v) is 20.6. The molecule has 2 aromatic carbocycles. The lowest BCUT2D eigenvalue weighted by atomic mass is 10.0. The fraction of sp³-hybridized carbons (Fsp3) is 0.296. The molecule has 0 bridgehead atoms. The molecule has 4 N–H and O–H groups in total. The standard InChI is InChI=1S/C27H28F2N6O2/c1-16-12-17(6-9-21(16)26(36)33-19-7-8-19)23-15-32-25-22(31-11-10-27(2,28)29)14-24(34-35(23)25)37-20-5-3-4-18(30)13-20/h3-6,9,12-15,19,31H,7-8,10-11,30H2,1-2H3,(H,33,36). The van der Waals surface area contributed by atoms with Crippen LogP contribution in [-0.2, 0) is 0 Å². The zero-order valence-electron chi connectivity index (χ0n) is 20.6. The summed E-state index contributed by atoms with van der Waals surface area (Å²) in [6.07, 6.45) is 3.35. The molecule has 5 rings (SSSR count). The third kappa shape index (κ3) is 5.79. The minimum Gasteiger partial charge on any atom is -0.437 e. The van der Waals surface area contributed by atoms with Gasteiger partial charge in [0.2, 0.25) is 11.8 Å². The smallest absolute Gasteiger partial charge is 0.251 e. The number of nitrogens with zero attached hydrogens (tertiary/aromatic N) is 3. The summed E-state index contributed by atoms with van der Waals surface area (Å²) in [5, 5.41) is 10.7. The highest BCUT2D eigenvalue weighted by atomic mass is 19.3. The summed E-state index contributed by atoms with van der Waals surface area (Å²) in [4.78, 5) is 17.1. The quantitative estimate of drug-likeness (QED) is 0.262. The van der Waals surface area contributed by atoms with E-state index in [9.17, 15) is 13.6 Å². The van der Waals surface area contributed by atoms with Gasteiger partial charge in [-0.3, -0.25) is 4.79 Å². The lowest BCUT2D eigenvalue weighted by molar-refractivity contribution is 0.0167. The molecule has 37 heavy (non-hydrogen) atoms. The summed E-state index contributed by atoms with van der Waals surface area (Å²) < 4.78 is 34.4. The first-order valence-corrected chi connectivity index (χ1v) is 12.1. The van der Waals surface area contributed by atoms with Crippen LogP contribution in [0.15, 0.2) is 54.7 Å². The number of fused-ring (bicyclic) bond motifs is 1. The summed E-state index contributed by atoms with van der Waals surface area (Å²) in [7, 11) is 0. The van der Waals surface area contributed by atoms with Crippen molar-refractivity contribution in [1.82, 2.24) is 19.9 Å². The van der Waals surface area contributed by atoms with Crippen molar-refractivity contribution in [3.05, 3.63) is 65.9 Å². The van der Waals surface area contributed by atoms with Crippen molar-refractivity contribution in [2.45, 2.75) is 45.1 Å². The summed E-state index contributed by atoms with van der Waals surface area (Å²) in [6.45, 7) is 2.80. The molecule has 1 fully saturated rings. The van der Waals surface area contributed by atoms with Gasteiger partial charge >= 0.3 is 0 Å². The van der Waals surface area contributed by atoms with Crippen LogP contribution in [-0.4, -0.2) is 39.0 Å². The van der Waals surface area contributed by atoms with Crippen molar-refractivity contribution in [2.75, 3.05) is 17.6 Å². The second kappa shape index (κ2) is 9.68. The van der Waals surface area contributed by atoms with Crippen molar-refractivity contribution >= 4 is 22.9 Å². The summed E-state index contributed by atoms with van der Waals surface area (Å²) in [5.41, 5.74) is 10.3. The van der Waals surface area contributed by atoms with Crippen LogP contribution in [0.1, 0.15) is 42.1 Å². The van der Waals surface area contributed by atoms with Crippen LogP contribution in [0.4, 0.5) is 20.2 Å².